The molecule has 0 amide bonds. The van der Waals surface area contributed by atoms with Crippen LogP contribution in [0.3, 0.4) is 0 Å². The van der Waals surface area contributed by atoms with Crippen molar-refractivity contribution in [2.24, 2.45) is 10.9 Å². The van der Waals surface area contributed by atoms with E-state index in [0.29, 0.717) is 30.6 Å². The third-order valence-electron chi connectivity index (χ3n) is 6.08. The van der Waals surface area contributed by atoms with Crippen LogP contribution in [0.15, 0.2) is 34.2 Å². The molecule has 0 atom stereocenters. The van der Waals surface area contributed by atoms with Gasteiger partial charge >= 0.3 is 0 Å². The van der Waals surface area contributed by atoms with E-state index in [4.69, 9.17) is 0 Å². The minimum absolute atomic E-state index is 0. The van der Waals surface area contributed by atoms with Crippen LogP contribution in [0, 0.1) is 5.92 Å². The number of nitrogens with zero attached hydrogens (tertiary/aromatic N) is 3. The number of likely N-dealkylation sites (N-methyl/N-ethyl adjacent to an activating group) is 1. The molecule has 3 rings (SSSR count). The third kappa shape index (κ3) is 6.54. The Morgan fingerprint density at radius 2 is 1.73 bits per heavy atom. The molecule has 0 bridgehead atoms. The fourth-order valence-electron chi connectivity index (χ4n) is 4.04. The number of hydrogen-bond donors (Lipinski definition) is 2. The summed E-state index contributed by atoms with van der Waals surface area (Å²) in [5.74, 6) is 1.53. The smallest absolute Gasteiger partial charge is 0.243 e. The summed E-state index contributed by atoms with van der Waals surface area (Å²) >= 11 is 0. The molecule has 0 radical (unpaired) electrons. The number of nitrogens with one attached hydrogen (secondary N) is 2. The molecule has 1 saturated carbocycles. The highest BCUT2D eigenvalue weighted by Gasteiger charge is 2.29. The van der Waals surface area contributed by atoms with Gasteiger partial charge in [0.25, 0.3) is 0 Å². The van der Waals surface area contributed by atoms with E-state index < -0.39 is 10.0 Å². The molecule has 1 aromatic carbocycles. The fourth-order valence-corrected chi connectivity index (χ4v) is 5.68. The molecular formula is C21H36IN5O2S. The average molecular weight is 550 g/mol. The number of sulfonamides is 1. The number of guanidine groups is 1. The van der Waals surface area contributed by atoms with Crippen LogP contribution in [-0.2, 0) is 16.6 Å². The van der Waals surface area contributed by atoms with E-state index in [1.54, 1.807) is 23.5 Å². The Morgan fingerprint density at radius 3 is 2.37 bits per heavy atom. The van der Waals surface area contributed by atoms with Crippen molar-refractivity contribution in [3.63, 3.8) is 0 Å². The molecule has 2 N–H and O–H groups in total. The van der Waals surface area contributed by atoms with Crippen molar-refractivity contribution in [2.75, 3.05) is 40.3 Å². The molecule has 170 valence electrons. The highest BCUT2D eigenvalue weighted by Crippen LogP contribution is 2.24. The van der Waals surface area contributed by atoms with E-state index in [1.165, 1.54) is 12.8 Å². The summed E-state index contributed by atoms with van der Waals surface area (Å²) in [7, 11) is 0.281. The van der Waals surface area contributed by atoms with Gasteiger partial charge in [-0.15, -0.1) is 24.0 Å². The zero-order valence-electron chi connectivity index (χ0n) is 18.3. The number of rotatable bonds is 5. The molecule has 30 heavy (non-hydrogen) atoms. The Kier molecular flexibility index (Phi) is 9.83. The van der Waals surface area contributed by atoms with Gasteiger partial charge in [-0.05, 0) is 50.3 Å². The molecule has 0 unspecified atom stereocenters. The van der Waals surface area contributed by atoms with Crippen LogP contribution in [0.1, 0.15) is 38.2 Å². The SMILES string of the molecule is CN=C(NCc1ccccc1S(=O)(=O)N1CCN(C)CC1)NC1CCC(C)CC1.I. The third-order valence-corrected chi connectivity index (χ3v) is 8.08. The Hall–Kier alpha value is -0.910. The van der Waals surface area contributed by atoms with Crippen molar-refractivity contribution in [1.29, 1.82) is 0 Å². The van der Waals surface area contributed by atoms with Gasteiger partial charge in [-0.1, -0.05) is 25.1 Å². The molecule has 7 nitrogen and oxygen atoms in total. The predicted octanol–water partition coefficient (Wildman–Crippen LogP) is 2.48. The molecule has 1 aliphatic carbocycles. The highest BCUT2D eigenvalue weighted by atomic mass is 127. The van der Waals surface area contributed by atoms with Gasteiger partial charge in [0, 0.05) is 45.8 Å². The zero-order valence-corrected chi connectivity index (χ0v) is 21.4. The molecule has 1 aromatic rings. The van der Waals surface area contributed by atoms with Crippen LogP contribution >= 0.6 is 24.0 Å². The van der Waals surface area contributed by atoms with E-state index in [0.717, 1.165) is 43.4 Å². The van der Waals surface area contributed by atoms with E-state index in [1.807, 2.05) is 19.2 Å². The summed E-state index contributed by atoms with van der Waals surface area (Å²) in [4.78, 5) is 6.88. The zero-order chi connectivity index (χ0) is 20.9. The first-order valence-electron chi connectivity index (χ1n) is 10.6. The lowest BCUT2D eigenvalue weighted by molar-refractivity contribution is 0.222. The van der Waals surface area contributed by atoms with Gasteiger partial charge in [-0.3, -0.25) is 4.99 Å². The summed E-state index contributed by atoms with van der Waals surface area (Å²) < 4.78 is 28.0. The van der Waals surface area contributed by atoms with Crippen LogP contribution < -0.4 is 10.6 Å². The first kappa shape index (κ1) is 25.4. The van der Waals surface area contributed by atoms with E-state index in [9.17, 15) is 8.42 Å². The van der Waals surface area contributed by atoms with Crippen LogP contribution in [0.4, 0.5) is 0 Å². The molecule has 0 spiro atoms. The second-order valence-corrected chi connectivity index (χ2v) is 10.2. The number of hydrogen-bond acceptors (Lipinski definition) is 4. The largest absolute Gasteiger partial charge is 0.354 e. The van der Waals surface area contributed by atoms with Gasteiger partial charge < -0.3 is 15.5 Å². The van der Waals surface area contributed by atoms with Gasteiger partial charge in [-0.2, -0.15) is 4.31 Å². The first-order chi connectivity index (χ1) is 13.9. The van der Waals surface area contributed by atoms with Gasteiger partial charge in [0.2, 0.25) is 10.0 Å². The van der Waals surface area contributed by atoms with E-state index in [2.05, 4.69) is 27.4 Å². The Balaban J connectivity index is 0.00000320. The Morgan fingerprint density at radius 1 is 1.10 bits per heavy atom. The van der Waals surface area contributed by atoms with E-state index >= 15 is 0 Å². The molecular weight excluding hydrogens is 513 g/mol. The molecule has 2 aliphatic rings. The van der Waals surface area contributed by atoms with Crippen molar-refractivity contribution in [3.05, 3.63) is 29.8 Å². The van der Waals surface area contributed by atoms with Gasteiger partial charge in [0.1, 0.15) is 0 Å². The second-order valence-electron chi connectivity index (χ2n) is 8.34. The fraction of sp³-hybridized carbons (Fsp3) is 0.667. The van der Waals surface area contributed by atoms with Crippen molar-refractivity contribution in [3.8, 4) is 0 Å². The minimum Gasteiger partial charge on any atom is -0.354 e. The quantitative estimate of drug-likeness (QED) is 0.336. The van der Waals surface area contributed by atoms with Crippen LogP contribution in [0.25, 0.3) is 0 Å². The number of halogens is 1. The Bertz CT molecular complexity index is 801. The second kappa shape index (κ2) is 11.6. The predicted molar refractivity (Wildman–Crippen MR) is 133 cm³/mol. The average Bonchev–Trinajstić information content (AvgIpc) is 2.73. The van der Waals surface area contributed by atoms with Gasteiger partial charge in [0.05, 0.1) is 4.90 Å². The van der Waals surface area contributed by atoms with Crippen molar-refractivity contribution >= 4 is 40.0 Å². The van der Waals surface area contributed by atoms with Gasteiger partial charge in [-0.25, -0.2) is 8.42 Å². The summed E-state index contributed by atoms with van der Waals surface area (Å²) in [6.45, 7) is 5.31. The number of benzene rings is 1. The number of aliphatic imine (C=N–C) groups is 1. The summed E-state index contributed by atoms with van der Waals surface area (Å²) in [6.07, 6.45) is 4.77. The van der Waals surface area contributed by atoms with Crippen LogP contribution in [-0.4, -0.2) is 69.9 Å². The number of piperazine rings is 1. The van der Waals surface area contributed by atoms with Crippen molar-refractivity contribution in [1.82, 2.24) is 19.8 Å². The van der Waals surface area contributed by atoms with Crippen molar-refractivity contribution < 1.29 is 8.42 Å². The molecule has 1 heterocycles. The molecule has 1 aliphatic heterocycles. The summed E-state index contributed by atoms with van der Waals surface area (Å²) in [5, 5.41) is 6.81. The molecule has 9 heteroatoms. The summed E-state index contributed by atoms with van der Waals surface area (Å²) in [6, 6.07) is 7.71. The first-order valence-corrected chi connectivity index (χ1v) is 12.1. The minimum atomic E-state index is -3.50. The maximum Gasteiger partial charge on any atom is 0.243 e. The molecule has 1 saturated heterocycles. The summed E-state index contributed by atoms with van der Waals surface area (Å²) in [5.41, 5.74) is 0.770. The maximum atomic E-state index is 13.2. The van der Waals surface area contributed by atoms with Gasteiger partial charge in [0.15, 0.2) is 5.96 Å². The lowest BCUT2D eigenvalue weighted by Gasteiger charge is -2.32. The van der Waals surface area contributed by atoms with Crippen LogP contribution in [0.5, 0.6) is 0 Å². The standard InChI is InChI=1S/C21H35N5O2S.HI/c1-17-8-10-19(11-9-17)24-21(22-2)23-16-18-6-4-5-7-20(18)29(27,28)26-14-12-25(3)13-15-26;/h4-7,17,19H,8-16H2,1-3H3,(H2,22,23,24);1H. The Labute approximate surface area is 198 Å². The monoisotopic (exact) mass is 549 g/mol. The molecule has 0 aromatic heterocycles. The lowest BCUT2D eigenvalue weighted by Crippen LogP contribution is -2.47. The molecule has 2 fully saturated rings. The van der Waals surface area contributed by atoms with Crippen molar-refractivity contribution in [2.45, 2.75) is 50.1 Å². The normalized spacial score (nSPS) is 24.2. The van der Waals surface area contributed by atoms with Crippen LogP contribution in [0.2, 0.25) is 0 Å². The van der Waals surface area contributed by atoms with E-state index in [-0.39, 0.29) is 24.0 Å². The maximum absolute atomic E-state index is 13.2. The lowest BCUT2D eigenvalue weighted by atomic mass is 9.87. The highest BCUT2D eigenvalue weighted by molar-refractivity contribution is 14.0. The topological polar surface area (TPSA) is 77.0 Å².